The van der Waals surface area contributed by atoms with Gasteiger partial charge in [0.1, 0.15) is 12.4 Å². The molecule has 1 aliphatic heterocycles. The minimum absolute atomic E-state index is 0.0486. The van der Waals surface area contributed by atoms with Crippen molar-refractivity contribution in [2.24, 2.45) is 5.73 Å². The lowest BCUT2D eigenvalue weighted by molar-refractivity contribution is -0.131. The molecule has 1 amide bonds. The largest absolute Gasteiger partial charge is 0.393 e. The predicted octanol–water partition coefficient (Wildman–Crippen LogP) is 7.39. The first-order valence-electron chi connectivity index (χ1n) is 12.7. The summed E-state index contributed by atoms with van der Waals surface area (Å²) in [6.07, 6.45) is 4.49. The van der Waals surface area contributed by atoms with Gasteiger partial charge in [0.2, 0.25) is 5.91 Å². The van der Waals surface area contributed by atoms with Crippen molar-refractivity contribution >= 4 is 28.9 Å². The molecule has 37 heavy (non-hydrogen) atoms. The Morgan fingerprint density at radius 3 is 2.38 bits per heavy atom. The van der Waals surface area contributed by atoms with Crippen LogP contribution in [-0.2, 0) is 4.79 Å². The molecule has 0 spiro atoms. The molecule has 2 aromatic carbocycles. The van der Waals surface area contributed by atoms with E-state index < -0.39 is 0 Å². The van der Waals surface area contributed by atoms with Crippen LogP contribution in [0.2, 0.25) is 0 Å². The molecule has 0 radical (unpaired) electrons. The van der Waals surface area contributed by atoms with Crippen LogP contribution in [0.3, 0.4) is 0 Å². The monoisotopic (exact) mass is 519 g/mol. The molecule has 3 rings (SSSR count). The first-order valence-corrected chi connectivity index (χ1v) is 13.6. The van der Waals surface area contributed by atoms with E-state index in [0.717, 1.165) is 46.7 Å². The van der Waals surface area contributed by atoms with Crippen LogP contribution in [0.5, 0.6) is 0 Å². The number of thioether (sulfide) groups is 1. The van der Waals surface area contributed by atoms with E-state index in [9.17, 15) is 9.18 Å². The van der Waals surface area contributed by atoms with Gasteiger partial charge in [0, 0.05) is 25.0 Å². The van der Waals surface area contributed by atoms with Gasteiger partial charge in [-0.25, -0.2) is 4.39 Å². The molecule has 4 nitrogen and oxygen atoms in total. The minimum atomic E-state index is -0.276. The van der Waals surface area contributed by atoms with Gasteiger partial charge >= 0.3 is 0 Å². The third-order valence-corrected chi connectivity index (χ3v) is 8.15. The Labute approximate surface area is 225 Å². The molecule has 2 aromatic rings. The molecule has 6 heteroatoms. The second kappa shape index (κ2) is 13.3. The summed E-state index contributed by atoms with van der Waals surface area (Å²) in [5.41, 5.74) is 12.3. The van der Waals surface area contributed by atoms with E-state index in [1.165, 1.54) is 28.2 Å². The van der Waals surface area contributed by atoms with Crippen molar-refractivity contribution in [1.82, 2.24) is 9.80 Å². The number of benzene rings is 2. The minimum Gasteiger partial charge on any atom is -0.393 e. The quantitative estimate of drug-likeness (QED) is 0.375. The van der Waals surface area contributed by atoms with Crippen molar-refractivity contribution in [3.63, 3.8) is 0 Å². The van der Waals surface area contributed by atoms with Gasteiger partial charge in [-0.3, -0.25) is 4.79 Å². The maximum Gasteiger partial charge on any atom is 0.242 e. The topological polar surface area (TPSA) is 49.6 Å². The Morgan fingerprint density at radius 1 is 1.08 bits per heavy atom. The zero-order chi connectivity index (χ0) is 26.9. The second-order valence-corrected chi connectivity index (χ2v) is 10.6. The molecule has 1 heterocycles. The number of carbonyl (C=O) groups excluding carboxylic acids is 1. The molecular formula is C31H38FN3OS. The Kier molecular flexibility index (Phi) is 10.2. The molecule has 0 atom stereocenters. The summed E-state index contributed by atoms with van der Waals surface area (Å²) < 4.78 is 13.4. The van der Waals surface area contributed by atoms with Gasteiger partial charge in [-0.05, 0) is 79.3 Å². The van der Waals surface area contributed by atoms with Crippen LogP contribution in [0.15, 0.2) is 88.5 Å². The third kappa shape index (κ3) is 7.86. The first kappa shape index (κ1) is 28.3. The van der Waals surface area contributed by atoms with Gasteiger partial charge in [0.05, 0.1) is 5.03 Å². The SMILES string of the molecule is C=C(c1ccccc1)N(/C=C(\C)c1ccc(F)cc1)CC(=O)N1CCC(C)=C(SC(N)=C(C)CC)CC1. The molecular weight excluding hydrogens is 481 g/mol. The lowest BCUT2D eigenvalue weighted by Crippen LogP contribution is -2.39. The molecule has 2 N–H and O–H groups in total. The van der Waals surface area contributed by atoms with Crippen molar-refractivity contribution in [1.29, 1.82) is 0 Å². The summed E-state index contributed by atoms with van der Waals surface area (Å²) in [6, 6.07) is 16.2. The van der Waals surface area contributed by atoms with E-state index in [1.807, 2.05) is 53.3 Å². The van der Waals surface area contributed by atoms with Gasteiger partial charge in [-0.2, -0.15) is 0 Å². The molecule has 0 aliphatic carbocycles. The third-order valence-electron chi connectivity index (χ3n) is 6.79. The number of halogens is 1. The maximum atomic E-state index is 13.6. The van der Waals surface area contributed by atoms with E-state index in [1.54, 1.807) is 23.9 Å². The van der Waals surface area contributed by atoms with Crippen LogP contribution in [0, 0.1) is 5.82 Å². The fraction of sp³-hybridized carbons (Fsp3) is 0.323. The number of allylic oxidation sites excluding steroid dienone is 2. The molecule has 0 saturated heterocycles. The average Bonchev–Trinajstić information content (AvgIpc) is 3.09. The summed E-state index contributed by atoms with van der Waals surface area (Å²) in [5, 5.41) is 0.864. The van der Waals surface area contributed by atoms with Crippen LogP contribution in [0.1, 0.15) is 58.1 Å². The predicted molar refractivity (Wildman–Crippen MR) is 156 cm³/mol. The van der Waals surface area contributed by atoms with E-state index in [-0.39, 0.29) is 18.3 Å². The molecule has 0 saturated carbocycles. The Morgan fingerprint density at radius 2 is 1.73 bits per heavy atom. The fourth-order valence-electron chi connectivity index (χ4n) is 4.07. The first-order chi connectivity index (χ1) is 17.7. The molecule has 0 unspecified atom stereocenters. The van der Waals surface area contributed by atoms with E-state index in [4.69, 9.17) is 5.73 Å². The summed E-state index contributed by atoms with van der Waals surface area (Å²) in [6.45, 7) is 14.1. The van der Waals surface area contributed by atoms with Crippen molar-refractivity contribution in [3.8, 4) is 0 Å². The second-order valence-electron chi connectivity index (χ2n) is 9.44. The number of hydrogen-bond donors (Lipinski definition) is 1. The van der Waals surface area contributed by atoms with E-state index >= 15 is 0 Å². The van der Waals surface area contributed by atoms with Crippen LogP contribution < -0.4 is 5.73 Å². The Hall–Kier alpha value is -3.25. The highest BCUT2D eigenvalue weighted by molar-refractivity contribution is 8.06. The van der Waals surface area contributed by atoms with E-state index in [2.05, 4.69) is 27.4 Å². The molecule has 0 bridgehead atoms. The number of hydrogen-bond acceptors (Lipinski definition) is 4. The lowest BCUT2D eigenvalue weighted by atomic mass is 10.1. The van der Waals surface area contributed by atoms with Crippen molar-refractivity contribution in [3.05, 3.63) is 105 Å². The highest BCUT2D eigenvalue weighted by atomic mass is 32.2. The number of nitrogens with zero attached hydrogens (tertiary/aromatic N) is 2. The van der Waals surface area contributed by atoms with Crippen molar-refractivity contribution in [2.45, 2.75) is 47.0 Å². The summed E-state index contributed by atoms with van der Waals surface area (Å²) in [7, 11) is 0. The zero-order valence-electron chi connectivity index (χ0n) is 22.4. The van der Waals surface area contributed by atoms with E-state index in [0.29, 0.717) is 13.1 Å². The lowest BCUT2D eigenvalue weighted by Gasteiger charge is -2.28. The number of nitrogens with two attached hydrogens (primary N) is 1. The summed E-state index contributed by atoms with van der Waals surface area (Å²) >= 11 is 1.65. The molecule has 196 valence electrons. The van der Waals surface area contributed by atoms with Crippen LogP contribution in [0.25, 0.3) is 11.3 Å². The number of amides is 1. The summed E-state index contributed by atoms with van der Waals surface area (Å²) in [5.74, 6) is -0.227. The summed E-state index contributed by atoms with van der Waals surface area (Å²) in [4.78, 5) is 18.7. The standard InChI is InChI=1S/C31H38FN3OS/c1-6-22(2)31(33)37-29-17-19-34(18-16-23(29)3)30(36)21-35(25(5)27-10-8-7-9-11-27)20-24(4)26-12-14-28(32)15-13-26/h7-15,20H,5-6,16-19,21,33H2,1-4H3/b24-20+,31-22?. The highest BCUT2D eigenvalue weighted by Gasteiger charge is 2.22. The zero-order valence-corrected chi connectivity index (χ0v) is 23.2. The van der Waals surface area contributed by atoms with Gasteiger partial charge in [-0.1, -0.05) is 73.3 Å². The molecule has 0 fully saturated rings. The van der Waals surface area contributed by atoms with Crippen LogP contribution in [0.4, 0.5) is 4.39 Å². The van der Waals surface area contributed by atoms with Gasteiger partial charge in [-0.15, -0.1) is 0 Å². The van der Waals surface area contributed by atoms with Crippen LogP contribution in [-0.4, -0.2) is 35.3 Å². The Bertz CT molecular complexity index is 1200. The molecule has 0 aromatic heterocycles. The number of rotatable bonds is 9. The highest BCUT2D eigenvalue weighted by Crippen LogP contribution is 2.33. The Balaban J connectivity index is 1.78. The van der Waals surface area contributed by atoms with Crippen molar-refractivity contribution in [2.75, 3.05) is 19.6 Å². The van der Waals surface area contributed by atoms with Crippen LogP contribution >= 0.6 is 11.8 Å². The van der Waals surface area contributed by atoms with Gasteiger partial charge in [0.25, 0.3) is 0 Å². The molecule has 1 aliphatic rings. The average molecular weight is 520 g/mol. The number of carbonyl (C=O) groups is 1. The normalized spacial score (nSPS) is 15.3. The van der Waals surface area contributed by atoms with Crippen molar-refractivity contribution < 1.29 is 9.18 Å². The van der Waals surface area contributed by atoms with Gasteiger partial charge in [0.15, 0.2) is 0 Å². The van der Waals surface area contributed by atoms with Gasteiger partial charge < -0.3 is 15.5 Å². The maximum absolute atomic E-state index is 13.6. The fourth-order valence-corrected chi connectivity index (χ4v) is 5.12. The smallest absolute Gasteiger partial charge is 0.242 e.